The van der Waals surface area contributed by atoms with E-state index in [-0.39, 0.29) is 5.82 Å². The Labute approximate surface area is 119 Å². The summed E-state index contributed by atoms with van der Waals surface area (Å²) in [4.78, 5) is 1.38. The maximum atomic E-state index is 13.1. The van der Waals surface area contributed by atoms with Crippen molar-refractivity contribution in [3.63, 3.8) is 0 Å². The fraction of sp³-hybridized carbons (Fsp3) is 0.286. The van der Waals surface area contributed by atoms with Gasteiger partial charge in [-0.1, -0.05) is 12.1 Å². The van der Waals surface area contributed by atoms with Crippen molar-refractivity contribution in [2.75, 3.05) is 0 Å². The molecule has 4 heteroatoms. The Morgan fingerprint density at radius 2 is 2.22 bits per heavy atom. The summed E-state index contributed by atoms with van der Waals surface area (Å²) >= 11 is 4.98. The fourth-order valence-electron chi connectivity index (χ4n) is 1.74. The number of hydrogen-bond donors (Lipinski definition) is 1. The van der Waals surface area contributed by atoms with E-state index in [1.807, 2.05) is 12.1 Å². The number of thiophene rings is 1. The molecule has 1 nitrogen and oxygen atoms in total. The van der Waals surface area contributed by atoms with E-state index >= 15 is 0 Å². The van der Waals surface area contributed by atoms with Crippen LogP contribution in [0.5, 0.6) is 0 Å². The van der Waals surface area contributed by atoms with Crippen LogP contribution in [0.1, 0.15) is 17.4 Å². The molecule has 0 radical (unpaired) electrons. The van der Waals surface area contributed by atoms with Crippen LogP contribution in [0.25, 0.3) is 0 Å². The van der Waals surface area contributed by atoms with E-state index in [2.05, 4.69) is 45.7 Å². The Morgan fingerprint density at radius 1 is 1.39 bits per heavy atom. The standard InChI is InChI=1S/C14H15BrFNS/c1-10(7-12-3-2-6-18-12)17-9-11-4-5-14(16)13(15)8-11/h2-6,8,10,17H,7,9H2,1H3. The van der Waals surface area contributed by atoms with Gasteiger partial charge < -0.3 is 5.32 Å². The predicted molar refractivity (Wildman–Crippen MR) is 78.4 cm³/mol. The summed E-state index contributed by atoms with van der Waals surface area (Å²) in [5, 5.41) is 5.54. The monoisotopic (exact) mass is 327 g/mol. The minimum Gasteiger partial charge on any atom is -0.310 e. The van der Waals surface area contributed by atoms with Crippen molar-refractivity contribution < 1.29 is 4.39 Å². The van der Waals surface area contributed by atoms with Crippen LogP contribution in [0.2, 0.25) is 0 Å². The van der Waals surface area contributed by atoms with Crippen LogP contribution < -0.4 is 5.32 Å². The Morgan fingerprint density at radius 3 is 2.89 bits per heavy atom. The first kappa shape index (κ1) is 13.7. The zero-order chi connectivity index (χ0) is 13.0. The molecule has 1 aromatic heterocycles. The SMILES string of the molecule is CC(Cc1cccs1)NCc1ccc(F)c(Br)c1. The molecule has 2 aromatic rings. The highest BCUT2D eigenvalue weighted by molar-refractivity contribution is 9.10. The topological polar surface area (TPSA) is 12.0 Å². The Kier molecular flexibility index (Phi) is 4.92. The second-order valence-corrected chi connectivity index (χ2v) is 6.20. The summed E-state index contributed by atoms with van der Waals surface area (Å²) in [6.07, 6.45) is 1.03. The lowest BCUT2D eigenvalue weighted by molar-refractivity contribution is 0.547. The molecule has 18 heavy (non-hydrogen) atoms. The van der Waals surface area contributed by atoms with Crippen molar-refractivity contribution in [1.29, 1.82) is 0 Å². The third-order valence-electron chi connectivity index (χ3n) is 2.73. The number of rotatable bonds is 5. The smallest absolute Gasteiger partial charge is 0.137 e. The summed E-state index contributed by atoms with van der Waals surface area (Å²) in [6, 6.07) is 9.75. The molecule has 0 aliphatic rings. The average molecular weight is 328 g/mol. The fourth-order valence-corrected chi connectivity index (χ4v) is 3.01. The highest BCUT2D eigenvalue weighted by atomic mass is 79.9. The van der Waals surface area contributed by atoms with E-state index in [1.54, 1.807) is 11.3 Å². The van der Waals surface area contributed by atoms with E-state index in [9.17, 15) is 4.39 Å². The average Bonchev–Trinajstić information content (AvgIpc) is 2.83. The van der Waals surface area contributed by atoms with Gasteiger partial charge in [-0.25, -0.2) is 4.39 Å². The molecule has 1 N–H and O–H groups in total. The van der Waals surface area contributed by atoms with E-state index in [0.29, 0.717) is 10.5 Å². The van der Waals surface area contributed by atoms with Gasteiger partial charge in [0.2, 0.25) is 0 Å². The molecular weight excluding hydrogens is 313 g/mol. The van der Waals surface area contributed by atoms with Crippen molar-refractivity contribution in [2.45, 2.75) is 25.9 Å². The van der Waals surface area contributed by atoms with Crippen molar-refractivity contribution in [3.05, 3.63) is 56.4 Å². The number of halogens is 2. The third kappa shape index (κ3) is 3.90. The van der Waals surface area contributed by atoms with Gasteiger partial charge in [0.15, 0.2) is 0 Å². The number of hydrogen-bond acceptors (Lipinski definition) is 2. The molecule has 0 saturated carbocycles. The second kappa shape index (κ2) is 6.45. The molecule has 1 atom stereocenters. The lowest BCUT2D eigenvalue weighted by Gasteiger charge is -2.13. The lowest BCUT2D eigenvalue weighted by Crippen LogP contribution is -2.27. The third-order valence-corrected chi connectivity index (χ3v) is 4.23. The van der Waals surface area contributed by atoms with Gasteiger partial charge in [-0.15, -0.1) is 11.3 Å². The predicted octanol–water partition coefficient (Wildman–Crippen LogP) is 4.37. The van der Waals surface area contributed by atoms with Crippen LogP contribution >= 0.6 is 27.3 Å². The van der Waals surface area contributed by atoms with Gasteiger partial charge in [0.1, 0.15) is 5.82 Å². The summed E-state index contributed by atoms with van der Waals surface area (Å²) in [5.74, 6) is -0.217. The molecule has 1 unspecified atom stereocenters. The maximum absolute atomic E-state index is 13.1. The molecule has 0 amide bonds. The first-order valence-electron chi connectivity index (χ1n) is 5.85. The van der Waals surface area contributed by atoms with Crippen LogP contribution in [-0.4, -0.2) is 6.04 Å². The second-order valence-electron chi connectivity index (χ2n) is 4.31. The molecular formula is C14H15BrFNS. The van der Waals surface area contributed by atoms with Gasteiger partial charge in [0.25, 0.3) is 0 Å². The zero-order valence-electron chi connectivity index (χ0n) is 10.1. The van der Waals surface area contributed by atoms with E-state index in [1.165, 1.54) is 10.9 Å². The van der Waals surface area contributed by atoms with Crippen LogP contribution in [0.4, 0.5) is 4.39 Å². The number of benzene rings is 1. The van der Waals surface area contributed by atoms with Crippen molar-refractivity contribution in [2.24, 2.45) is 0 Å². The molecule has 1 heterocycles. The van der Waals surface area contributed by atoms with Crippen molar-refractivity contribution in [3.8, 4) is 0 Å². The minimum absolute atomic E-state index is 0.217. The maximum Gasteiger partial charge on any atom is 0.137 e. The van der Waals surface area contributed by atoms with Crippen LogP contribution in [0.3, 0.4) is 0 Å². The van der Waals surface area contributed by atoms with E-state index in [4.69, 9.17) is 0 Å². The molecule has 0 aliphatic carbocycles. The molecule has 0 bridgehead atoms. The molecule has 1 aromatic carbocycles. The highest BCUT2D eigenvalue weighted by Gasteiger charge is 2.05. The van der Waals surface area contributed by atoms with Crippen LogP contribution in [0.15, 0.2) is 40.2 Å². The molecule has 96 valence electrons. The lowest BCUT2D eigenvalue weighted by atomic mass is 10.1. The Balaban J connectivity index is 1.85. The number of nitrogens with one attached hydrogen (secondary N) is 1. The summed E-state index contributed by atoms with van der Waals surface area (Å²) in [5.41, 5.74) is 1.08. The van der Waals surface area contributed by atoms with Gasteiger partial charge in [0.05, 0.1) is 4.47 Å². The van der Waals surface area contributed by atoms with Gasteiger partial charge in [-0.05, 0) is 58.4 Å². The molecule has 0 fully saturated rings. The molecule has 0 spiro atoms. The van der Waals surface area contributed by atoms with Crippen molar-refractivity contribution in [1.82, 2.24) is 5.32 Å². The molecule has 0 aliphatic heterocycles. The summed E-state index contributed by atoms with van der Waals surface area (Å²) in [6.45, 7) is 2.92. The van der Waals surface area contributed by atoms with Crippen LogP contribution in [0, 0.1) is 5.82 Å². The summed E-state index contributed by atoms with van der Waals surface area (Å²) < 4.78 is 13.6. The van der Waals surface area contributed by atoms with Crippen LogP contribution in [-0.2, 0) is 13.0 Å². The Bertz CT molecular complexity index is 499. The van der Waals surface area contributed by atoms with Gasteiger partial charge >= 0.3 is 0 Å². The van der Waals surface area contributed by atoms with E-state index in [0.717, 1.165) is 18.5 Å². The highest BCUT2D eigenvalue weighted by Crippen LogP contribution is 2.17. The van der Waals surface area contributed by atoms with Gasteiger partial charge in [-0.2, -0.15) is 0 Å². The van der Waals surface area contributed by atoms with Gasteiger partial charge in [0, 0.05) is 17.5 Å². The normalized spacial score (nSPS) is 12.6. The van der Waals surface area contributed by atoms with Gasteiger partial charge in [-0.3, -0.25) is 0 Å². The van der Waals surface area contributed by atoms with Crippen molar-refractivity contribution >= 4 is 27.3 Å². The zero-order valence-corrected chi connectivity index (χ0v) is 12.5. The van der Waals surface area contributed by atoms with E-state index < -0.39 is 0 Å². The first-order valence-corrected chi connectivity index (χ1v) is 7.52. The minimum atomic E-state index is -0.217. The quantitative estimate of drug-likeness (QED) is 0.859. The first-order chi connectivity index (χ1) is 8.65. The Hall–Kier alpha value is -0.710. The largest absolute Gasteiger partial charge is 0.310 e. The molecule has 0 saturated heterocycles. The summed E-state index contributed by atoms with van der Waals surface area (Å²) in [7, 11) is 0. The molecule has 2 rings (SSSR count).